The summed E-state index contributed by atoms with van der Waals surface area (Å²) >= 11 is 4.29. The van der Waals surface area contributed by atoms with Crippen molar-refractivity contribution in [1.29, 1.82) is 0 Å². The number of aromatic nitrogens is 1. The van der Waals surface area contributed by atoms with Gasteiger partial charge in [-0.05, 0) is 87.3 Å². The summed E-state index contributed by atoms with van der Waals surface area (Å²) in [5.74, 6) is -1.04. The standard InChI is InChI=1S/C41H30N4O3S3/c46-38(30-12-5-2-6-13-30)43-35(23-27-21-22-49-25-27)39(47)42-33-17-19-34(20-18-33)51-37(29-10-3-1-4-11-29)40(48)45-41-44-36(26-50-41)32-16-15-28-9-7-8-14-31(28)24-32/h1-26,37H,(H,42,47)(H,43,46)(H,44,45,48)/b35-23-. The third kappa shape index (κ3) is 8.50. The van der Waals surface area contributed by atoms with Gasteiger partial charge in [-0.25, -0.2) is 4.98 Å². The molecule has 0 saturated heterocycles. The smallest absolute Gasteiger partial charge is 0.272 e. The lowest BCUT2D eigenvalue weighted by Crippen LogP contribution is -2.30. The van der Waals surface area contributed by atoms with Crippen LogP contribution in [-0.2, 0) is 9.59 Å². The average molecular weight is 723 g/mol. The lowest BCUT2D eigenvalue weighted by atomic mass is 10.1. The van der Waals surface area contributed by atoms with Gasteiger partial charge >= 0.3 is 0 Å². The number of hydrogen-bond donors (Lipinski definition) is 3. The van der Waals surface area contributed by atoms with E-state index in [1.54, 1.807) is 42.5 Å². The lowest BCUT2D eigenvalue weighted by Gasteiger charge is -2.17. The zero-order valence-corrected chi connectivity index (χ0v) is 29.4. The van der Waals surface area contributed by atoms with Crippen LogP contribution in [0.5, 0.6) is 0 Å². The molecule has 5 aromatic carbocycles. The van der Waals surface area contributed by atoms with Gasteiger partial charge in [0, 0.05) is 27.1 Å². The molecule has 1 atom stereocenters. The summed E-state index contributed by atoms with van der Waals surface area (Å²) in [6.45, 7) is 0. The van der Waals surface area contributed by atoms with Crippen LogP contribution >= 0.6 is 34.4 Å². The minimum atomic E-state index is -0.562. The SMILES string of the molecule is O=C(Nc1ccc(SC(C(=O)Nc2nc(-c3ccc4ccccc4c3)cs2)c2ccccc2)cc1)/C(=C/c1ccsc1)NC(=O)c1ccccc1. The summed E-state index contributed by atoms with van der Waals surface area (Å²) in [5.41, 5.74) is 4.54. The average Bonchev–Trinajstić information content (AvgIpc) is 3.87. The van der Waals surface area contributed by atoms with Gasteiger partial charge in [-0.2, -0.15) is 11.3 Å². The van der Waals surface area contributed by atoms with Crippen LogP contribution in [-0.4, -0.2) is 22.7 Å². The van der Waals surface area contributed by atoms with Crippen LogP contribution in [0, 0.1) is 0 Å². The van der Waals surface area contributed by atoms with Crippen LogP contribution in [0.1, 0.15) is 26.7 Å². The van der Waals surface area contributed by atoms with E-state index in [1.165, 1.54) is 34.4 Å². The quantitative estimate of drug-likeness (QED) is 0.0912. The molecule has 2 aromatic heterocycles. The van der Waals surface area contributed by atoms with E-state index in [4.69, 9.17) is 4.98 Å². The van der Waals surface area contributed by atoms with Crippen LogP contribution in [0.25, 0.3) is 28.1 Å². The second kappa shape index (κ2) is 15.8. The Morgan fingerprint density at radius 3 is 2.20 bits per heavy atom. The summed E-state index contributed by atoms with van der Waals surface area (Å²) < 4.78 is 0. The third-order valence-corrected chi connectivity index (χ3v) is 10.6. The molecule has 3 N–H and O–H groups in total. The number of benzene rings is 5. The molecule has 7 nitrogen and oxygen atoms in total. The first-order chi connectivity index (χ1) is 25.0. The molecule has 0 aliphatic carbocycles. The Morgan fingerprint density at radius 2 is 1.45 bits per heavy atom. The topological polar surface area (TPSA) is 100 Å². The van der Waals surface area contributed by atoms with E-state index in [-0.39, 0.29) is 17.5 Å². The van der Waals surface area contributed by atoms with Gasteiger partial charge in [-0.15, -0.1) is 23.1 Å². The number of carbonyl (C=O) groups is 3. The minimum absolute atomic E-state index is 0.118. The van der Waals surface area contributed by atoms with Gasteiger partial charge in [0.2, 0.25) is 5.91 Å². The first-order valence-corrected chi connectivity index (χ1v) is 18.7. The molecule has 7 aromatic rings. The molecule has 0 aliphatic heterocycles. The Kier molecular flexibility index (Phi) is 10.4. The molecule has 2 heterocycles. The van der Waals surface area contributed by atoms with Crippen molar-refractivity contribution in [2.24, 2.45) is 0 Å². The molecule has 51 heavy (non-hydrogen) atoms. The number of thiophene rings is 1. The molecular weight excluding hydrogens is 693 g/mol. The van der Waals surface area contributed by atoms with Crippen molar-refractivity contribution in [2.45, 2.75) is 10.1 Å². The van der Waals surface area contributed by atoms with Crippen molar-refractivity contribution in [2.75, 3.05) is 10.6 Å². The maximum atomic E-state index is 13.8. The van der Waals surface area contributed by atoms with Crippen molar-refractivity contribution in [3.63, 3.8) is 0 Å². The maximum Gasteiger partial charge on any atom is 0.272 e. The minimum Gasteiger partial charge on any atom is -0.321 e. The normalized spacial score (nSPS) is 11.9. The molecular formula is C41H30N4O3S3. The molecule has 10 heteroatoms. The number of nitrogens with one attached hydrogen (secondary N) is 3. The Balaban J connectivity index is 1.05. The molecule has 0 radical (unpaired) electrons. The number of thioether (sulfide) groups is 1. The number of nitrogens with zero attached hydrogens (tertiary/aromatic N) is 1. The molecule has 0 aliphatic rings. The number of anilines is 2. The van der Waals surface area contributed by atoms with Gasteiger partial charge in [0.1, 0.15) is 10.9 Å². The highest BCUT2D eigenvalue weighted by atomic mass is 32.2. The Hall–Kier alpha value is -5.81. The third-order valence-electron chi connectivity index (χ3n) is 7.87. The molecule has 0 bridgehead atoms. The van der Waals surface area contributed by atoms with Crippen molar-refractivity contribution in [3.8, 4) is 11.3 Å². The summed E-state index contributed by atoms with van der Waals surface area (Å²) in [5, 5.41) is 16.7. The zero-order valence-electron chi connectivity index (χ0n) is 27.0. The van der Waals surface area contributed by atoms with Crippen LogP contribution in [0.3, 0.4) is 0 Å². The van der Waals surface area contributed by atoms with E-state index < -0.39 is 11.2 Å². The molecule has 0 saturated carbocycles. The molecule has 7 rings (SSSR count). The predicted octanol–water partition coefficient (Wildman–Crippen LogP) is 9.91. The first-order valence-electron chi connectivity index (χ1n) is 16.0. The van der Waals surface area contributed by atoms with Gasteiger partial charge < -0.3 is 16.0 Å². The van der Waals surface area contributed by atoms with Crippen LogP contribution < -0.4 is 16.0 Å². The molecule has 0 fully saturated rings. The fourth-order valence-corrected chi connectivity index (χ4v) is 7.67. The highest BCUT2D eigenvalue weighted by Gasteiger charge is 2.24. The van der Waals surface area contributed by atoms with Crippen LogP contribution in [0.15, 0.2) is 160 Å². The van der Waals surface area contributed by atoms with Crippen molar-refractivity contribution < 1.29 is 14.4 Å². The fraction of sp³-hybridized carbons (Fsp3) is 0.0244. The van der Waals surface area contributed by atoms with E-state index in [1.807, 2.05) is 88.9 Å². The highest BCUT2D eigenvalue weighted by Crippen LogP contribution is 2.37. The second-order valence-electron chi connectivity index (χ2n) is 11.4. The fourth-order valence-electron chi connectivity index (χ4n) is 5.30. The number of fused-ring (bicyclic) bond motifs is 1. The van der Waals surface area contributed by atoms with E-state index in [2.05, 4.69) is 40.2 Å². The van der Waals surface area contributed by atoms with E-state index in [0.29, 0.717) is 16.4 Å². The van der Waals surface area contributed by atoms with Gasteiger partial charge in [-0.1, -0.05) is 84.9 Å². The summed E-state index contributed by atoms with van der Waals surface area (Å²) in [4.78, 5) is 45.7. The van der Waals surface area contributed by atoms with E-state index in [9.17, 15) is 14.4 Å². The Morgan fingerprint density at radius 1 is 0.725 bits per heavy atom. The number of thiazole rings is 1. The highest BCUT2D eigenvalue weighted by molar-refractivity contribution is 8.00. The molecule has 250 valence electrons. The van der Waals surface area contributed by atoms with Gasteiger partial charge in [0.05, 0.1) is 5.69 Å². The maximum absolute atomic E-state index is 13.8. The molecule has 0 spiro atoms. The Bertz CT molecular complexity index is 2320. The largest absolute Gasteiger partial charge is 0.321 e. The second-order valence-corrected chi connectivity index (χ2v) is 14.2. The van der Waals surface area contributed by atoms with Crippen LogP contribution in [0.2, 0.25) is 0 Å². The lowest BCUT2D eigenvalue weighted by molar-refractivity contribution is -0.116. The number of carbonyl (C=O) groups excluding carboxylic acids is 3. The molecule has 1 unspecified atom stereocenters. The van der Waals surface area contributed by atoms with Crippen LogP contribution in [0.4, 0.5) is 10.8 Å². The predicted molar refractivity (Wildman–Crippen MR) is 210 cm³/mol. The van der Waals surface area contributed by atoms with E-state index in [0.717, 1.165) is 38.1 Å². The number of rotatable bonds is 11. The van der Waals surface area contributed by atoms with E-state index >= 15 is 0 Å². The number of amides is 3. The zero-order chi connectivity index (χ0) is 35.0. The van der Waals surface area contributed by atoms with Gasteiger partial charge in [-0.3, -0.25) is 14.4 Å². The Labute approximate surface area is 307 Å². The summed E-state index contributed by atoms with van der Waals surface area (Å²) in [6, 6.07) is 41.9. The number of hydrogen-bond acceptors (Lipinski definition) is 7. The van der Waals surface area contributed by atoms with Crippen molar-refractivity contribution >= 4 is 79.8 Å². The molecule has 3 amide bonds. The van der Waals surface area contributed by atoms with Crippen molar-refractivity contribution in [1.82, 2.24) is 10.3 Å². The summed E-state index contributed by atoms with van der Waals surface area (Å²) in [7, 11) is 0. The van der Waals surface area contributed by atoms with Gasteiger partial charge in [0.25, 0.3) is 11.8 Å². The van der Waals surface area contributed by atoms with Crippen molar-refractivity contribution in [3.05, 3.63) is 172 Å². The first kappa shape index (κ1) is 33.7. The van der Waals surface area contributed by atoms with Gasteiger partial charge in [0.15, 0.2) is 5.13 Å². The summed E-state index contributed by atoms with van der Waals surface area (Å²) in [6.07, 6.45) is 1.65. The monoisotopic (exact) mass is 722 g/mol.